The van der Waals surface area contributed by atoms with Crippen molar-refractivity contribution in [3.8, 4) is 5.75 Å². The van der Waals surface area contributed by atoms with Crippen molar-refractivity contribution in [1.82, 2.24) is 10.6 Å². The number of anilines is 1. The van der Waals surface area contributed by atoms with E-state index in [0.717, 1.165) is 6.42 Å². The van der Waals surface area contributed by atoms with E-state index < -0.39 is 29.9 Å². The third kappa shape index (κ3) is 7.28. The van der Waals surface area contributed by atoms with Gasteiger partial charge in [0.15, 0.2) is 5.75 Å². The van der Waals surface area contributed by atoms with Gasteiger partial charge < -0.3 is 25.8 Å². The summed E-state index contributed by atoms with van der Waals surface area (Å²) in [7, 11) is 0. The van der Waals surface area contributed by atoms with E-state index >= 15 is 0 Å². The number of ether oxygens (including phenoxy) is 1. The third-order valence-electron chi connectivity index (χ3n) is 4.24. The van der Waals surface area contributed by atoms with E-state index in [2.05, 4.69) is 16.0 Å². The number of carboxylic acid groups (broad SMARTS) is 1. The molecule has 0 aromatic heterocycles. The van der Waals surface area contributed by atoms with Gasteiger partial charge in [0.05, 0.1) is 16.3 Å². The minimum atomic E-state index is -1.26. The molecule has 1 atom stereocenters. The SMILES string of the molecule is CCCNC(=O)Oc1ccc(CC(NC(=O)c2ccccc2Cl)C(=O)O)cc1NC(C)=O. The lowest BCUT2D eigenvalue weighted by Gasteiger charge is -2.17. The fourth-order valence-corrected chi connectivity index (χ4v) is 2.98. The highest BCUT2D eigenvalue weighted by atomic mass is 35.5. The number of halogens is 1. The Morgan fingerprint density at radius 3 is 2.47 bits per heavy atom. The monoisotopic (exact) mass is 461 g/mol. The lowest BCUT2D eigenvalue weighted by Crippen LogP contribution is -2.42. The molecule has 0 aliphatic carbocycles. The van der Waals surface area contributed by atoms with Crippen LogP contribution in [-0.4, -0.2) is 41.6 Å². The Hall–Kier alpha value is -3.59. The van der Waals surface area contributed by atoms with Gasteiger partial charge in [0.2, 0.25) is 5.91 Å². The first kappa shape index (κ1) is 24.7. The molecule has 0 radical (unpaired) electrons. The van der Waals surface area contributed by atoms with Crippen molar-refractivity contribution >= 4 is 41.2 Å². The largest absolute Gasteiger partial charge is 0.480 e. The number of carbonyl (C=O) groups is 4. The Bertz CT molecular complexity index is 1010. The molecular formula is C22H24ClN3O6. The maximum absolute atomic E-state index is 12.5. The van der Waals surface area contributed by atoms with Crippen LogP contribution in [0.3, 0.4) is 0 Å². The summed E-state index contributed by atoms with van der Waals surface area (Å²) in [6.45, 7) is 3.61. The predicted molar refractivity (Wildman–Crippen MR) is 119 cm³/mol. The minimum Gasteiger partial charge on any atom is -0.480 e. The number of hydrogen-bond acceptors (Lipinski definition) is 5. The van der Waals surface area contributed by atoms with E-state index in [1.165, 1.54) is 31.2 Å². The fraction of sp³-hybridized carbons (Fsp3) is 0.273. The number of carboxylic acids is 1. The molecule has 3 amide bonds. The molecule has 4 N–H and O–H groups in total. The van der Waals surface area contributed by atoms with E-state index in [4.69, 9.17) is 16.3 Å². The Labute approximate surface area is 190 Å². The standard InChI is InChI=1S/C22H24ClN3O6/c1-3-10-24-22(31)32-19-9-8-14(11-17(19)25-13(2)27)12-18(21(29)30)26-20(28)15-6-4-5-7-16(15)23/h4-9,11,18H,3,10,12H2,1-2H3,(H,24,31)(H,25,27)(H,26,28)(H,29,30). The van der Waals surface area contributed by atoms with Crippen LogP contribution in [0, 0.1) is 0 Å². The smallest absolute Gasteiger partial charge is 0.412 e. The van der Waals surface area contributed by atoms with Crippen LogP contribution in [0.1, 0.15) is 36.2 Å². The molecule has 0 aliphatic heterocycles. The minimum absolute atomic E-state index is 0.0829. The second kappa shape index (κ2) is 11.7. The van der Waals surface area contributed by atoms with Crippen LogP contribution in [0.5, 0.6) is 5.75 Å². The Balaban J connectivity index is 2.21. The van der Waals surface area contributed by atoms with Gasteiger partial charge in [-0.15, -0.1) is 0 Å². The molecule has 0 bridgehead atoms. The Kier molecular flexibility index (Phi) is 9.03. The zero-order valence-corrected chi connectivity index (χ0v) is 18.4. The molecule has 0 fully saturated rings. The van der Waals surface area contributed by atoms with Gasteiger partial charge in [-0.25, -0.2) is 9.59 Å². The number of hydrogen-bond donors (Lipinski definition) is 4. The predicted octanol–water partition coefficient (Wildman–Crippen LogP) is 3.22. The number of rotatable bonds is 9. The average molecular weight is 462 g/mol. The lowest BCUT2D eigenvalue weighted by molar-refractivity contribution is -0.139. The molecule has 0 saturated heterocycles. The third-order valence-corrected chi connectivity index (χ3v) is 4.57. The molecule has 10 heteroatoms. The molecule has 0 aliphatic rings. The van der Waals surface area contributed by atoms with E-state index in [9.17, 15) is 24.3 Å². The van der Waals surface area contributed by atoms with Crippen molar-refractivity contribution in [2.75, 3.05) is 11.9 Å². The average Bonchev–Trinajstić information content (AvgIpc) is 2.73. The number of amides is 3. The Morgan fingerprint density at radius 2 is 1.84 bits per heavy atom. The summed E-state index contributed by atoms with van der Waals surface area (Å²) in [6, 6.07) is 9.51. The fourth-order valence-electron chi connectivity index (χ4n) is 2.76. The Morgan fingerprint density at radius 1 is 1.12 bits per heavy atom. The second-order valence-corrected chi connectivity index (χ2v) is 7.28. The van der Waals surface area contributed by atoms with Crippen molar-refractivity contribution in [3.63, 3.8) is 0 Å². The molecule has 170 valence electrons. The summed E-state index contributed by atoms with van der Waals surface area (Å²) in [5.41, 5.74) is 0.839. The van der Waals surface area contributed by atoms with Crippen molar-refractivity contribution in [3.05, 3.63) is 58.6 Å². The summed E-state index contributed by atoms with van der Waals surface area (Å²) in [5, 5.41) is 17.3. The zero-order chi connectivity index (χ0) is 23.7. The molecule has 0 saturated carbocycles. The molecule has 9 nitrogen and oxygen atoms in total. The van der Waals surface area contributed by atoms with Gasteiger partial charge in [-0.1, -0.05) is 36.7 Å². The molecule has 2 aromatic carbocycles. The number of benzene rings is 2. The van der Waals surface area contributed by atoms with Crippen LogP contribution in [-0.2, 0) is 16.0 Å². The van der Waals surface area contributed by atoms with Crippen molar-refractivity contribution in [2.45, 2.75) is 32.7 Å². The number of aliphatic carboxylic acids is 1. The highest BCUT2D eigenvalue weighted by Crippen LogP contribution is 2.27. The summed E-state index contributed by atoms with van der Waals surface area (Å²) >= 11 is 6.01. The molecule has 1 unspecified atom stereocenters. The van der Waals surface area contributed by atoms with Crippen LogP contribution < -0.4 is 20.7 Å². The number of nitrogens with one attached hydrogen (secondary N) is 3. The van der Waals surface area contributed by atoms with Gasteiger partial charge in [0.1, 0.15) is 6.04 Å². The molecule has 0 spiro atoms. The van der Waals surface area contributed by atoms with Crippen molar-refractivity contribution in [1.29, 1.82) is 0 Å². The van der Waals surface area contributed by atoms with Gasteiger partial charge in [-0.05, 0) is 36.2 Å². The zero-order valence-electron chi connectivity index (χ0n) is 17.6. The maximum atomic E-state index is 12.5. The normalized spacial score (nSPS) is 11.2. The first-order valence-electron chi connectivity index (χ1n) is 9.85. The number of carbonyl (C=O) groups excluding carboxylic acids is 3. The molecule has 0 heterocycles. The second-order valence-electron chi connectivity index (χ2n) is 6.88. The molecule has 32 heavy (non-hydrogen) atoms. The quantitative estimate of drug-likeness (QED) is 0.453. The summed E-state index contributed by atoms with van der Waals surface area (Å²) < 4.78 is 5.23. The van der Waals surface area contributed by atoms with Crippen molar-refractivity contribution < 1.29 is 29.0 Å². The van der Waals surface area contributed by atoms with Gasteiger partial charge in [0.25, 0.3) is 5.91 Å². The van der Waals surface area contributed by atoms with E-state index in [-0.39, 0.29) is 28.4 Å². The van der Waals surface area contributed by atoms with Gasteiger partial charge >= 0.3 is 12.1 Å². The van der Waals surface area contributed by atoms with Crippen LogP contribution in [0.4, 0.5) is 10.5 Å². The molecule has 2 aromatic rings. The highest BCUT2D eigenvalue weighted by Gasteiger charge is 2.23. The van der Waals surface area contributed by atoms with Crippen LogP contribution >= 0.6 is 11.6 Å². The first-order valence-corrected chi connectivity index (χ1v) is 10.2. The van der Waals surface area contributed by atoms with Crippen molar-refractivity contribution in [2.24, 2.45) is 0 Å². The van der Waals surface area contributed by atoms with Gasteiger partial charge in [-0.2, -0.15) is 0 Å². The van der Waals surface area contributed by atoms with E-state index in [1.54, 1.807) is 18.2 Å². The van der Waals surface area contributed by atoms with Crippen LogP contribution in [0.2, 0.25) is 5.02 Å². The molecular weight excluding hydrogens is 438 g/mol. The maximum Gasteiger partial charge on any atom is 0.412 e. The summed E-state index contributed by atoms with van der Waals surface area (Å²) in [6.07, 6.45) is -0.0367. The van der Waals surface area contributed by atoms with E-state index in [1.807, 2.05) is 6.92 Å². The van der Waals surface area contributed by atoms with E-state index in [0.29, 0.717) is 12.1 Å². The van der Waals surface area contributed by atoms with Crippen LogP contribution in [0.15, 0.2) is 42.5 Å². The first-order chi connectivity index (χ1) is 15.2. The van der Waals surface area contributed by atoms with Gasteiger partial charge in [0, 0.05) is 19.9 Å². The lowest BCUT2D eigenvalue weighted by atomic mass is 10.0. The summed E-state index contributed by atoms with van der Waals surface area (Å²) in [4.78, 5) is 47.6. The summed E-state index contributed by atoms with van der Waals surface area (Å²) in [5.74, 6) is -2.17. The van der Waals surface area contributed by atoms with Gasteiger partial charge in [-0.3, -0.25) is 9.59 Å². The topological polar surface area (TPSA) is 134 Å². The molecule has 2 rings (SSSR count). The highest BCUT2D eigenvalue weighted by molar-refractivity contribution is 6.33. The van der Waals surface area contributed by atoms with Crippen LogP contribution in [0.25, 0.3) is 0 Å².